The van der Waals surface area contributed by atoms with Gasteiger partial charge in [0.2, 0.25) is 0 Å². The number of hydrogen-bond donors (Lipinski definition) is 1. The molecule has 0 atom stereocenters. The maximum Gasteiger partial charge on any atom is 0.303 e. The third kappa shape index (κ3) is 22.4. The van der Waals surface area contributed by atoms with Crippen LogP contribution in [0.3, 0.4) is 0 Å². The number of aliphatic carboxylic acids is 1. The van der Waals surface area contributed by atoms with Gasteiger partial charge in [-0.2, -0.15) is 0 Å². The van der Waals surface area contributed by atoms with Crippen LogP contribution in [0.25, 0.3) is 0 Å². The molecule has 129 valence electrons. The van der Waals surface area contributed by atoms with Gasteiger partial charge in [-0.1, -0.05) is 70.4 Å². The van der Waals surface area contributed by atoms with Crippen molar-refractivity contribution in [3.63, 3.8) is 0 Å². The summed E-state index contributed by atoms with van der Waals surface area (Å²) in [5.41, 5.74) is 0. The minimum Gasteiger partial charge on any atom is -0.481 e. The number of hydrogen-bond acceptors (Lipinski definition) is 1. The van der Waals surface area contributed by atoms with Crippen molar-refractivity contribution in [1.82, 2.24) is 0 Å². The van der Waals surface area contributed by atoms with Gasteiger partial charge in [0, 0.05) is 28.8 Å². The molecule has 0 spiro atoms. The van der Waals surface area contributed by atoms with Gasteiger partial charge >= 0.3 is 5.97 Å². The Hall–Kier alpha value is -0.0497. The first-order valence-corrected chi connectivity index (χ1v) is 8.64. The Morgan fingerprint density at radius 2 is 1.19 bits per heavy atom. The van der Waals surface area contributed by atoms with E-state index in [-0.39, 0.29) is 22.4 Å². The number of allylic oxidation sites excluding steroid dienone is 2. The Kier molecular flexibility index (Phi) is 22.1. The third-order valence-electron chi connectivity index (χ3n) is 3.65. The van der Waals surface area contributed by atoms with Crippen LogP contribution in [0.15, 0.2) is 12.2 Å². The van der Waals surface area contributed by atoms with Crippen LogP contribution in [-0.4, -0.2) is 11.1 Å². The van der Waals surface area contributed by atoms with Crippen LogP contribution in [0.5, 0.6) is 0 Å². The molecular weight excluding hydrogens is 356 g/mol. The molecule has 0 saturated carbocycles. The second-order valence-electron chi connectivity index (χ2n) is 5.73. The summed E-state index contributed by atoms with van der Waals surface area (Å²) < 4.78 is 0. The molecule has 2 nitrogen and oxygen atoms in total. The molecule has 0 saturated heterocycles. The topological polar surface area (TPSA) is 37.3 Å². The van der Waals surface area contributed by atoms with Gasteiger partial charge < -0.3 is 5.11 Å². The smallest absolute Gasteiger partial charge is 0.303 e. The summed E-state index contributed by atoms with van der Waals surface area (Å²) in [4.78, 5) is 10.3. The molecule has 0 heterocycles. The van der Waals surface area contributed by atoms with Crippen molar-refractivity contribution in [3.8, 4) is 0 Å². The Labute approximate surface area is 147 Å². The molecule has 0 aliphatic carbocycles. The largest absolute Gasteiger partial charge is 0.481 e. The second-order valence-corrected chi connectivity index (χ2v) is 5.73. The Balaban J connectivity index is 0. The maximum atomic E-state index is 10.3. The number of carboxylic acid groups (broad SMARTS) is 1. The average molecular weight is 390 g/mol. The van der Waals surface area contributed by atoms with Crippen LogP contribution in [0.4, 0.5) is 0 Å². The summed E-state index contributed by atoms with van der Waals surface area (Å²) >= 11 is 0. The van der Waals surface area contributed by atoms with E-state index in [1.54, 1.807) is 0 Å². The van der Waals surface area contributed by atoms with Gasteiger partial charge in [0.1, 0.15) is 0 Å². The quantitative estimate of drug-likeness (QED) is 0.208. The SMILES string of the molecule is CCCCCCCC/C=C/CCCCCCCC(=O)O.[Ag]. The first kappa shape index (κ1) is 23.2. The van der Waals surface area contributed by atoms with E-state index in [2.05, 4.69) is 19.1 Å². The predicted octanol–water partition coefficient (Wildman–Crippen LogP) is 6.11. The Bertz CT molecular complexity index is 239. The predicted molar refractivity (Wildman–Crippen MR) is 87.1 cm³/mol. The molecule has 0 aromatic carbocycles. The summed E-state index contributed by atoms with van der Waals surface area (Å²) in [7, 11) is 0. The zero-order valence-corrected chi connectivity index (χ0v) is 15.2. The van der Waals surface area contributed by atoms with Crippen LogP contribution >= 0.6 is 0 Å². The van der Waals surface area contributed by atoms with Crippen LogP contribution in [-0.2, 0) is 27.2 Å². The van der Waals surface area contributed by atoms with Crippen molar-refractivity contribution in [2.45, 2.75) is 96.8 Å². The Morgan fingerprint density at radius 1 is 0.762 bits per heavy atom. The van der Waals surface area contributed by atoms with E-state index >= 15 is 0 Å². The fourth-order valence-corrected chi connectivity index (χ4v) is 2.35. The van der Waals surface area contributed by atoms with E-state index in [0.29, 0.717) is 6.42 Å². The summed E-state index contributed by atoms with van der Waals surface area (Å²) in [6.45, 7) is 2.26. The van der Waals surface area contributed by atoms with E-state index in [0.717, 1.165) is 12.8 Å². The number of unbranched alkanes of at least 4 members (excludes halogenated alkanes) is 11. The van der Waals surface area contributed by atoms with Crippen molar-refractivity contribution >= 4 is 5.97 Å². The molecular formula is C18H34AgO2. The van der Waals surface area contributed by atoms with Gasteiger partial charge in [-0.05, 0) is 32.1 Å². The minimum absolute atomic E-state index is 0. The fraction of sp³-hybridized carbons (Fsp3) is 0.833. The van der Waals surface area contributed by atoms with E-state index in [4.69, 9.17) is 5.11 Å². The first-order valence-electron chi connectivity index (χ1n) is 8.64. The second kappa shape index (κ2) is 20.0. The van der Waals surface area contributed by atoms with E-state index in [1.807, 2.05) is 0 Å². The Morgan fingerprint density at radius 3 is 1.67 bits per heavy atom. The van der Waals surface area contributed by atoms with Gasteiger partial charge in [0.15, 0.2) is 0 Å². The first-order chi connectivity index (χ1) is 9.77. The summed E-state index contributed by atoms with van der Waals surface area (Å²) in [6.07, 6.45) is 21.2. The molecule has 0 aliphatic heterocycles. The standard InChI is InChI=1S/C18H34O2.Ag/c1-2-3-4-5-6-7-8-9-10-11-12-13-14-15-16-17-18(19)20;/h9-10H,2-8,11-17H2,1H3,(H,19,20);/b10-9+;. The van der Waals surface area contributed by atoms with E-state index < -0.39 is 5.97 Å². The van der Waals surface area contributed by atoms with Crippen molar-refractivity contribution < 1.29 is 32.3 Å². The zero-order chi connectivity index (χ0) is 14.9. The minimum atomic E-state index is -0.664. The molecule has 3 heteroatoms. The zero-order valence-electron chi connectivity index (χ0n) is 13.7. The maximum absolute atomic E-state index is 10.3. The van der Waals surface area contributed by atoms with Crippen molar-refractivity contribution in [3.05, 3.63) is 12.2 Å². The van der Waals surface area contributed by atoms with Crippen LogP contribution < -0.4 is 0 Å². The van der Waals surface area contributed by atoms with E-state index in [1.165, 1.54) is 70.6 Å². The molecule has 0 aromatic heterocycles. The molecule has 21 heavy (non-hydrogen) atoms. The molecule has 0 rings (SSSR count). The van der Waals surface area contributed by atoms with Gasteiger partial charge in [-0.3, -0.25) is 4.79 Å². The third-order valence-corrected chi connectivity index (χ3v) is 3.65. The monoisotopic (exact) mass is 389 g/mol. The van der Waals surface area contributed by atoms with Gasteiger partial charge in [-0.25, -0.2) is 0 Å². The molecule has 0 aliphatic rings. The number of carbonyl (C=O) groups is 1. The molecule has 0 aromatic rings. The van der Waals surface area contributed by atoms with Crippen LogP contribution in [0.2, 0.25) is 0 Å². The number of carboxylic acids is 1. The van der Waals surface area contributed by atoms with Crippen molar-refractivity contribution in [2.75, 3.05) is 0 Å². The summed E-state index contributed by atoms with van der Waals surface area (Å²) in [5.74, 6) is -0.664. The van der Waals surface area contributed by atoms with Gasteiger partial charge in [0.25, 0.3) is 0 Å². The van der Waals surface area contributed by atoms with Crippen LogP contribution in [0.1, 0.15) is 96.8 Å². The molecule has 0 unspecified atom stereocenters. The molecule has 0 fully saturated rings. The van der Waals surface area contributed by atoms with Gasteiger partial charge in [-0.15, -0.1) is 0 Å². The van der Waals surface area contributed by atoms with E-state index in [9.17, 15) is 4.79 Å². The number of rotatable bonds is 15. The molecule has 1 radical (unpaired) electrons. The van der Waals surface area contributed by atoms with Crippen LogP contribution in [0, 0.1) is 0 Å². The van der Waals surface area contributed by atoms with Gasteiger partial charge in [0.05, 0.1) is 0 Å². The molecule has 0 amide bonds. The van der Waals surface area contributed by atoms with Crippen molar-refractivity contribution in [2.24, 2.45) is 0 Å². The summed E-state index contributed by atoms with van der Waals surface area (Å²) in [5, 5.41) is 8.51. The molecule has 1 N–H and O–H groups in total. The average Bonchev–Trinajstić information content (AvgIpc) is 2.43. The summed E-state index contributed by atoms with van der Waals surface area (Å²) in [6, 6.07) is 0. The fourth-order valence-electron chi connectivity index (χ4n) is 2.35. The van der Waals surface area contributed by atoms with Crippen molar-refractivity contribution in [1.29, 1.82) is 0 Å². The molecule has 0 bridgehead atoms. The normalized spacial score (nSPS) is 10.7.